The summed E-state index contributed by atoms with van der Waals surface area (Å²) < 4.78 is 562. The van der Waals surface area contributed by atoms with Gasteiger partial charge in [-0.3, -0.25) is 0 Å². The molecule has 20 aromatic rings. The van der Waals surface area contributed by atoms with E-state index < -0.39 is 514 Å². The molecule has 0 N–H and O–H groups in total. The minimum atomic E-state index is -1.41. The van der Waals surface area contributed by atoms with Gasteiger partial charge in [0.2, 0.25) is 0 Å². The topological polar surface area (TPSA) is 16.3 Å². The molecule has 18 aromatic carbocycles. The molecule has 0 aliphatic rings. The smallest absolute Gasteiger partial charge is 0.0651 e. The second kappa shape index (κ2) is 30.4. The monoisotopic (exact) mass is 1490 g/mol. The van der Waals surface area contributed by atoms with Crippen LogP contribution in [-0.4, -0.2) is 9.13 Å². The molecule has 0 bridgehead atoms. The van der Waals surface area contributed by atoms with Gasteiger partial charge in [0, 0.05) is 67.0 Å². The Morgan fingerprint density at radius 2 is 0.554 bits per heavy atom. The number of nitrogens with zero attached hydrogens (tertiary/aromatic N) is 4. The number of hydrogen-bond acceptors (Lipinski definition) is 2. The second-order valence-electron chi connectivity index (χ2n) is 23.6. The summed E-state index contributed by atoms with van der Waals surface area (Å²) in [7, 11) is 0. The SMILES string of the molecule is [2H]c1cc(-c2c([2H])c([2H])c([2H])c([2H])c2[2H])c(-c2c([2H])c([2H])c(N(c3c([2H])c([2H])c(-c4c([2H])c([2H])c([2H])c([2H])c4[2H])c([2H])c3[2H])c3c([2H])c([2H])c([2H])c(-c4c([2H])c([2H])c5c(c4[2H])c4c([2H])c([2H])c([2H])c([2H])c4n5-c4c([2H])c([2H])c([2H])c([2H])c4[2H])c3[2H])c([2H])c2[2H])c([2H])c1[2H].[2H]c1cc(-c2c([2H])c([2H])c([2H])c([2H])c2[2H])c(-c2c([2H])c([2H])c(N(c3c([2H])c([2H])c(-c4c([2H])c([2H])c([2H])c([2H])c4[2H])c([2H])c3[2H])c3c([2H])c([2H])c([2H])c(-c4ccc5c(c4)c4ccccc4n5-c4ccccc4)c3[2H])c([2H])c2[2H])c([2H])c1[2H]. The molecule has 4 heteroatoms. The van der Waals surface area contributed by atoms with Gasteiger partial charge in [-0.1, -0.05) is 327 Å². The molecule has 112 heavy (non-hydrogen) atoms. The molecule has 20 rings (SSSR count). The van der Waals surface area contributed by atoms with Gasteiger partial charge in [0.1, 0.15) is 0 Å². The minimum Gasteiger partial charge on any atom is -0.310 e. The fraction of sp³-hybridized carbons (Fsp3) is 0. The van der Waals surface area contributed by atoms with E-state index in [-0.39, 0.29) is 16.0 Å². The number of anilines is 6. The van der Waals surface area contributed by atoms with E-state index in [4.69, 9.17) is 48.0 Å². The van der Waals surface area contributed by atoms with Crippen LogP contribution in [0.3, 0.4) is 0 Å². The van der Waals surface area contributed by atoms with E-state index >= 15 is 0 Å². The van der Waals surface area contributed by atoms with E-state index in [2.05, 4.69) is 0 Å². The molecule has 0 aliphatic heterocycles. The van der Waals surface area contributed by atoms with Crippen LogP contribution < -0.4 is 9.80 Å². The Morgan fingerprint density at radius 3 is 1.08 bits per heavy atom. The number of para-hydroxylation sites is 4. The molecule has 0 radical (unpaired) electrons. The number of aromatic nitrogens is 2. The van der Waals surface area contributed by atoms with Gasteiger partial charge in [0.05, 0.1) is 107 Å². The average molecular weight is 1490 g/mol. The predicted molar refractivity (Wildman–Crippen MR) is 474 cm³/mol. The van der Waals surface area contributed by atoms with Gasteiger partial charge in [0.15, 0.2) is 0 Å². The molecule has 0 aliphatic carbocycles. The summed E-state index contributed by atoms with van der Waals surface area (Å²) in [6.45, 7) is 0. The van der Waals surface area contributed by atoms with Crippen molar-refractivity contribution < 1.29 is 85.0 Å². The van der Waals surface area contributed by atoms with Crippen molar-refractivity contribution in [1.82, 2.24) is 9.13 Å². The Hall–Kier alpha value is -14.8. The third kappa shape index (κ3) is 13.4. The molecular weight excluding hydrogens is 1350 g/mol. The Morgan fingerprint density at radius 1 is 0.179 bits per heavy atom. The van der Waals surface area contributed by atoms with Crippen LogP contribution in [0.1, 0.15) is 85.0 Å². The van der Waals surface area contributed by atoms with Crippen LogP contribution in [0.5, 0.6) is 0 Å². The van der Waals surface area contributed by atoms with Crippen molar-refractivity contribution in [2.45, 2.75) is 0 Å². The first-order chi connectivity index (χ1) is 81.4. The molecular formula is C108H76N4. The van der Waals surface area contributed by atoms with E-state index in [9.17, 15) is 37.0 Å². The Kier molecular flexibility index (Phi) is 7.78. The molecule has 0 spiro atoms. The molecule has 0 saturated heterocycles. The largest absolute Gasteiger partial charge is 0.310 e. The van der Waals surface area contributed by atoms with Crippen molar-refractivity contribution in [3.63, 3.8) is 0 Å². The van der Waals surface area contributed by atoms with Crippen LogP contribution >= 0.6 is 0 Å². The highest BCUT2D eigenvalue weighted by Crippen LogP contribution is 2.45. The zero-order valence-corrected chi connectivity index (χ0v) is 56.9. The Bertz CT molecular complexity index is 10500. The van der Waals surface area contributed by atoms with Gasteiger partial charge >= 0.3 is 0 Å². The maximum absolute atomic E-state index is 10.1. The van der Waals surface area contributed by atoms with Gasteiger partial charge in [-0.25, -0.2) is 0 Å². The van der Waals surface area contributed by atoms with Crippen molar-refractivity contribution in [2.75, 3.05) is 9.80 Å². The Labute approximate surface area is 740 Å². The van der Waals surface area contributed by atoms with E-state index in [1.807, 2.05) is 59.2 Å². The number of fused-ring (bicyclic) bond motifs is 6. The van der Waals surface area contributed by atoms with Gasteiger partial charge in [-0.05, 0) is 222 Å². The molecule has 0 unspecified atom stereocenters. The van der Waals surface area contributed by atoms with Gasteiger partial charge in [-0.15, -0.1) is 0 Å². The summed E-state index contributed by atoms with van der Waals surface area (Å²) in [5, 5.41) is -0.122. The molecule has 0 atom stereocenters. The summed E-state index contributed by atoms with van der Waals surface area (Å²) >= 11 is 0. The zero-order chi connectivity index (χ0) is 128. The first-order valence-electron chi connectivity index (χ1n) is 64.3. The highest BCUT2D eigenvalue weighted by molar-refractivity contribution is 6.12. The minimum absolute atomic E-state index is 0.112. The molecule has 4 nitrogen and oxygen atoms in total. The van der Waals surface area contributed by atoms with Crippen molar-refractivity contribution >= 4 is 77.7 Å². The van der Waals surface area contributed by atoms with E-state index in [1.54, 1.807) is 18.2 Å². The van der Waals surface area contributed by atoms with Crippen LogP contribution in [0.4, 0.5) is 34.1 Å². The third-order valence-corrected chi connectivity index (χ3v) is 17.1. The second-order valence-corrected chi connectivity index (χ2v) is 23.6. The standard InChI is InChI=1S/2C54H38N2/c2*1-4-15-39(16-5-1)40-27-32-46(33-28-40)55(47-34-29-42(30-35-47)50-24-11-10-23-49(50)41-17-6-2-7-18-41)48-22-14-19-43(37-48)44-31-36-54-52(38-44)51-25-12-13-26-53(51)56(54)45-20-8-3-9-21-45/h2*1-38H/i1D,2D,3D,4D,5D,6D,7D,8D,9D,10D,11D,12D,13D,14D,15D,16D,17D,18D,19D,20D,21D,22D,24D,25D,26D,27D,28D,29D,30D,31D,32D,33D,34D,35D,36D,37D,38D;1D,2D,4D,5D,6D,7D,10D,11D,14D,15D,16D,17D,18D,19D,22D,24D,27D,28D,29D,30D,32D,33D,34D,35D,37D. The number of hydrogen-bond donors (Lipinski definition) is 0. The first kappa shape index (κ1) is 28.6. The number of rotatable bonds is 16. The maximum atomic E-state index is 10.1. The fourth-order valence-corrected chi connectivity index (χ4v) is 12.2. The van der Waals surface area contributed by atoms with E-state index in [1.165, 1.54) is 0 Å². The Balaban J connectivity index is 0.000000214. The van der Waals surface area contributed by atoms with Crippen molar-refractivity contribution in [1.29, 1.82) is 0 Å². The van der Waals surface area contributed by atoms with Crippen LogP contribution in [0.15, 0.2) is 460 Å². The summed E-state index contributed by atoms with van der Waals surface area (Å²) in [4.78, 5) is 0.723. The molecule has 2 heterocycles. The molecule has 0 amide bonds. The van der Waals surface area contributed by atoms with E-state index in [0.29, 0.717) is 20.4 Å². The fourth-order valence-electron chi connectivity index (χ4n) is 12.2. The molecule has 0 fully saturated rings. The van der Waals surface area contributed by atoms with Crippen LogP contribution in [0, 0.1) is 0 Å². The third-order valence-electron chi connectivity index (χ3n) is 17.1. The predicted octanol–water partition coefficient (Wildman–Crippen LogP) is 29.8. The normalized spacial score (nSPS) is 19.0. The lowest BCUT2D eigenvalue weighted by atomic mass is 9.94. The van der Waals surface area contributed by atoms with Crippen LogP contribution in [-0.2, 0) is 0 Å². The quantitative estimate of drug-likeness (QED) is 0.0959. The molecule has 0 saturated carbocycles. The highest BCUT2D eigenvalue weighted by atomic mass is 15.1. The lowest BCUT2D eigenvalue weighted by Gasteiger charge is -2.26. The summed E-state index contributed by atoms with van der Waals surface area (Å²) in [6, 6.07) is -41.1. The summed E-state index contributed by atoms with van der Waals surface area (Å²) in [6.07, 6.45) is 0. The van der Waals surface area contributed by atoms with Crippen LogP contribution in [0.2, 0.25) is 0 Å². The highest BCUT2D eigenvalue weighted by Gasteiger charge is 2.21. The number of benzene rings is 18. The first-order valence-corrected chi connectivity index (χ1v) is 33.3. The molecule has 2 aromatic heterocycles. The van der Waals surface area contributed by atoms with Crippen LogP contribution in [0.25, 0.3) is 144 Å². The van der Waals surface area contributed by atoms with Gasteiger partial charge in [0.25, 0.3) is 0 Å². The average Bonchev–Trinajstić information content (AvgIpc) is 1.52. The van der Waals surface area contributed by atoms with Crippen molar-refractivity contribution in [3.05, 3.63) is 460 Å². The molecule has 528 valence electrons. The maximum Gasteiger partial charge on any atom is 0.0651 e. The zero-order valence-electron chi connectivity index (χ0n) is 119. The van der Waals surface area contributed by atoms with E-state index in [0.717, 1.165) is 28.7 Å². The lowest BCUT2D eigenvalue weighted by molar-refractivity contribution is 1.18. The lowest BCUT2D eigenvalue weighted by Crippen LogP contribution is -2.10. The van der Waals surface area contributed by atoms with Gasteiger partial charge in [-0.2, -0.15) is 0 Å². The van der Waals surface area contributed by atoms with Crippen molar-refractivity contribution in [2.24, 2.45) is 0 Å². The summed E-state index contributed by atoms with van der Waals surface area (Å²) in [5.74, 6) is 0. The van der Waals surface area contributed by atoms with Gasteiger partial charge < -0.3 is 18.9 Å². The summed E-state index contributed by atoms with van der Waals surface area (Å²) in [5.41, 5.74) is -18.7. The van der Waals surface area contributed by atoms with Crippen molar-refractivity contribution in [3.8, 4) is 100 Å².